The number of aromatic nitrogens is 4. The highest BCUT2D eigenvalue weighted by Crippen LogP contribution is 2.07. The lowest BCUT2D eigenvalue weighted by Crippen LogP contribution is -2.23. The van der Waals surface area contributed by atoms with Gasteiger partial charge >= 0.3 is 0 Å². The third kappa shape index (κ3) is 4.20. The van der Waals surface area contributed by atoms with Crippen LogP contribution in [0.25, 0.3) is 0 Å². The summed E-state index contributed by atoms with van der Waals surface area (Å²) >= 11 is 1.44. The molecule has 0 fully saturated rings. The molecule has 1 N–H and O–H groups in total. The summed E-state index contributed by atoms with van der Waals surface area (Å²) in [5, 5.41) is 7.82. The molecule has 0 aliphatic heterocycles. The van der Waals surface area contributed by atoms with E-state index in [2.05, 4.69) is 32.5 Å². The number of hydrogen-bond acceptors (Lipinski definition) is 5. The summed E-state index contributed by atoms with van der Waals surface area (Å²) in [5.74, 6) is -0.196. The van der Waals surface area contributed by atoms with Gasteiger partial charge in [0, 0.05) is 30.7 Å². The Morgan fingerprint density at radius 1 is 1.12 bits per heavy atom. The summed E-state index contributed by atoms with van der Waals surface area (Å²) in [6.07, 6.45) is 8.65. The number of amides is 1. The lowest BCUT2D eigenvalue weighted by molar-refractivity contribution is 0.0950. The minimum atomic E-state index is -0.196. The second-order valence-electron chi connectivity index (χ2n) is 5.17. The molecule has 0 saturated carbocycles. The van der Waals surface area contributed by atoms with E-state index in [1.54, 1.807) is 6.20 Å². The van der Waals surface area contributed by atoms with Crippen LogP contribution in [0.15, 0.2) is 60.3 Å². The Morgan fingerprint density at radius 2 is 1.88 bits per heavy atom. The molecule has 0 aliphatic carbocycles. The Kier molecular flexibility index (Phi) is 5.22. The van der Waals surface area contributed by atoms with Gasteiger partial charge in [-0.25, -0.2) is 9.97 Å². The topological polar surface area (TPSA) is 72.7 Å². The summed E-state index contributed by atoms with van der Waals surface area (Å²) < 4.78 is 1.85. The average Bonchev–Trinajstić information content (AvgIpc) is 3.08. The third-order valence-electron chi connectivity index (χ3n) is 3.40. The number of benzene rings is 1. The molecular formula is C17H17N5OS. The highest BCUT2D eigenvalue weighted by Gasteiger charge is 2.08. The fraction of sp³-hybridized carbons (Fsp3) is 0.176. The smallest absolute Gasteiger partial charge is 0.254 e. The van der Waals surface area contributed by atoms with Crippen LogP contribution in [-0.4, -0.2) is 31.9 Å². The van der Waals surface area contributed by atoms with E-state index in [1.165, 1.54) is 29.7 Å². The van der Waals surface area contributed by atoms with Crippen molar-refractivity contribution < 1.29 is 4.79 Å². The van der Waals surface area contributed by atoms with Crippen LogP contribution in [0.1, 0.15) is 21.5 Å². The molecule has 7 heteroatoms. The Balaban J connectivity index is 1.55. The lowest BCUT2D eigenvalue weighted by atomic mass is 10.2. The Hall–Kier alpha value is -2.67. The quantitative estimate of drug-likeness (QED) is 0.551. The normalized spacial score (nSPS) is 10.5. The molecule has 2 heterocycles. The number of nitrogens with one attached hydrogen (secondary N) is 1. The fourth-order valence-corrected chi connectivity index (χ4v) is 2.49. The van der Waals surface area contributed by atoms with Crippen molar-refractivity contribution in [1.82, 2.24) is 25.1 Å². The summed E-state index contributed by atoms with van der Waals surface area (Å²) in [5.41, 5.74) is 2.58. The van der Waals surface area contributed by atoms with Crippen molar-refractivity contribution in [1.29, 1.82) is 0 Å². The summed E-state index contributed by atoms with van der Waals surface area (Å²) in [4.78, 5) is 20.3. The highest BCUT2D eigenvalue weighted by molar-refractivity contribution is 7.98. The molecule has 24 heavy (non-hydrogen) atoms. The van der Waals surface area contributed by atoms with Gasteiger partial charge in [-0.15, -0.1) is 0 Å². The van der Waals surface area contributed by atoms with Crippen LogP contribution in [0.5, 0.6) is 0 Å². The van der Waals surface area contributed by atoms with E-state index in [-0.39, 0.29) is 5.91 Å². The Bertz CT molecular complexity index is 801. The van der Waals surface area contributed by atoms with Crippen LogP contribution in [0.2, 0.25) is 0 Å². The molecule has 0 bridgehead atoms. The van der Waals surface area contributed by atoms with Gasteiger partial charge in [0.15, 0.2) is 5.16 Å². The van der Waals surface area contributed by atoms with Crippen molar-refractivity contribution in [2.75, 3.05) is 6.26 Å². The molecule has 6 nitrogen and oxygen atoms in total. The number of thioether (sulfide) groups is 1. The molecule has 0 saturated heterocycles. The SMILES string of the molecule is CSc1ncc(C(=O)NCc2cnn(Cc3ccccc3)c2)cn1. The largest absolute Gasteiger partial charge is 0.348 e. The molecular weight excluding hydrogens is 322 g/mol. The first-order chi connectivity index (χ1) is 11.7. The van der Waals surface area contributed by atoms with Gasteiger partial charge in [-0.05, 0) is 11.8 Å². The van der Waals surface area contributed by atoms with E-state index >= 15 is 0 Å². The van der Waals surface area contributed by atoms with Crippen LogP contribution in [0.4, 0.5) is 0 Å². The van der Waals surface area contributed by atoms with E-state index < -0.39 is 0 Å². The van der Waals surface area contributed by atoms with E-state index in [1.807, 2.05) is 35.3 Å². The fourth-order valence-electron chi connectivity index (χ4n) is 2.18. The van der Waals surface area contributed by atoms with Gasteiger partial charge in [-0.2, -0.15) is 5.10 Å². The predicted octanol–water partition coefficient (Wildman–Crippen LogP) is 2.37. The second-order valence-corrected chi connectivity index (χ2v) is 5.95. The molecule has 0 aliphatic rings. The second kappa shape index (κ2) is 7.74. The number of nitrogens with zero attached hydrogens (tertiary/aromatic N) is 4. The monoisotopic (exact) mass is 339 g/mol. The van der Waals surface area contributed by atoms with Crippen LogP contribution in [0.3, 0.4) is 0 Å². The molecule has 0 unspecified atom stereocenters. The van der Waals surface area contributed by atoms with Gasteiger partial charge in [0.25, 0.3) is 5.91 Å². The molecule has 0 radical (unpaired) electrons. The van der Waals surface area contributed by atoms with Crippen molar-refractivity contribution in [2.24, 2.45) is 0 Å². The van der Waals surface area contributed by atoms with Crippen molar-refractivity contribution in [3.05, 3.63) is 71.8 Å². The maximum absolute atomic E-state index is 12.1. The number of hydrogen-bond donors (Lipinski definition) is 1. The van der Waals surface area contributed by atoms with E-state index in [0.717, 1.165) is 5.56 Å². The van der Waals surface area contributed by atoms with Gasteiger partial charge < -0.3 is 5.32 Å². The van der Waals surface area contributed by atoms with E-state index in [0.29, 0.717) is 23.8 Å². The maximum atomic E-state index is 12.1. The molecule has 3 aromatic rings. The van der Waals surface area contributed by atoms with Gasteiger partial charge in [0.05, 0.1) is 18.3 Å². The average molecular weight is 339 g/mol. The van der Waals surface area contributed by atoms with Crippen LogP contribution < -0.4 is 5.32 Å². The number of carbonyl (C=O) groups excluding carboxylic acids is 1. The molecule has 0 atom stereocenters. The lowest BCUT2D eigenvalue weighted by Gasteiger charge is -2.03. The highest BCUT2D eigenvalue weighted by atomic mass is 32.2. The van der Waals surface area contributed by atoms with E-state index in [9.17, 15) is 4.79 Å². The minimum Gasteiger partial charge on any atom is -0.348 e. The molecule has 1 amide bonds. The number of carbonyl (C=O) groups is 1. The third-order valence-corrected chi connectivity index (χ3v) is 3.98. The molecule has 2 aromatic heterocycles. The Labute approximate surface area is 144 Å². The summed E-state index contributed by atoms with van der Waals surface area (Å²) in [6, 6.07) is 10.1. The minimum absolute atomic E-state index is 0.196. The molecule has 0 spiro atoms. The number of rotatable bonds is 6. The summed E-state index contributed by atoms with van der Waals surface area (Å²) in [6.45, 7) is 1.12. The first-order valence-corrected chi connectivity index (χ1v) is 8.66. The first-order valence-electron chi connectivity index (χ1n) is 7.44. The van der Waals surface area contributed by atoms with Crippen LogP contribution >= 0.6 is 11.8 Å². The van der Waals surface area contributed by atoms with Crippen molar-refractivity contribution in [3.8, 4) is 0 Å². The zero-order valence-electron chi connectivity index (χ0n) is 13.2. The van der Waals surface area contributed by atoms with Gasteiger partial charge in [0.2, 0.25) is 0 Å². The first kappa shape index (κ1) is 16.2. The van der Waals surface area contributed by atoms with Crippen LogP contribution in [-0.2, 0) is 13.1 Å². The van der Waals surface area contributed by atoms with Gasteiger partial charge in [-0.3, -0.25) is 9.48 Å². The van der Waals surface area contributed by atoms with Crippen LogP contribution in [0, 0.1) is 0 Å². The zero-order valence-corrected chi connectivity index (χ0v) is 14.0. The summed E-state index contributed by atoms with van der Waals surface area (Å²) in [7, 11) is 0. The van der Waals surface area contributed by atoms with Gasteiger partial charge in [0.1, 0.15) is 0 Å². The molecule has 122 valence electrons. The standard InChI is InChI=1S/C17H17N5OS/c1-24-17-19-9-15(10-20-17)16(23)18-7-14-8-21-22(12-14)11-13-5-3-2-4-6-13/h2-6,8-10,12H,7,11H2,1H3,(H,18,23). The van der Waals surface area contributed by atoms with Crippen molar-refractivity contribution >= 4 is 17.7 Å². The zero-order chi connectivity index (χ0) is 16.8. The Morgan fingerprint density at radius 3 is 2.58 bits per heavy atom. The van der Waals surface area contributed by atoms with Crippen molar-refractivity contribution in [3.63, 3.8) is 0 Å². The van der Waals surface area contributed by atoms with Gasteiger partial charge in [-0.1, -0.05) is 42.1 Å². The predicted molar refractivity (Wildman–Crippen MR) is 92.8 cm³/mol. The molecule has 1 aromatic carbocycles. The molecule has 3 rings (SSSR count). The van der Waals surface area contributed by atoms with E-state index in [4.69, 9.17) is 0 Å². The maximum Gasteiger partial charge on any atom is 0.254 e. The van der Waals surface area contributed by atoms with Crippen molar-refractivity contribution in [2.45, 2.75) is 18.2 Å².